The molecule has 1 aromatic carbocycles. The Kier molecular flexibility index (Phi) is 3.60. The number of esters is 1. The Labute approximate surface area is 97.4 Å². The molecule has 0 amide bonds. The zero-order valence-electron chi connectivity index (χ0n) is 9.71. The third-order valence-electron chi connectivity index (χ3n) is 2.07. The van der Waals surface area contributed by atoms with Gasteiger partial charge in [0.25, 0.3) is 0 Å². The third-order valence-corrected chi connectivity index (χ3v) is 2.07. The van der Waals surface area contributed by atoms with Gasteiger partial charge in [0.15, 0.2) is 5.60 Å². The van der Waals surface area contributed by atoms with Crippen molar-refractivity contribution in [3.05, 3.63) is 35.4 Å². The molecule has 0 aliphatic rings. The monoisotopic (exact) mass is 242 g/mol. The van der Waals surface area contributed by atoms with Crippen molar-refractivity contribution in [2.45, 2.75) is 26.4 Å². The molecule has 17 heavy (non-hydrogen) atoms. The molecule has 0 aliphatic heterocycles. The molecule has 0 spiro atoms. The minimum absolute atomic E-state index is 0.172. The number of benzene rings is 1. The predicted molar refractivity (Wildman–Crippen MR) is 56.5 cm³/mol. The van der Waals surface area contributed by atoms with Crippen LogP contribution in [0.15, 0.2) is 18.2 Å². The summed E-state index contributed by atoms with van der Waals surface area (Å²) in [6.07, 6.45) is 0. The summed E-state index contributed by atoms with van der Waals surface area (Å²) in [4.78, 5) is 22.7. The SMILES string of the molecule is CC(=O)OC(C)(C)C(=O)c1cc(F)cc(F)c1. The van der Waals surface area contributed by atoms with Crippen LogP contribution in [0.2, 0.25) is 0 Å². The lowest BCUT2D eigenvalue weighted by molar-refractivity contribution is -0.149. The van der Waals surface area contributed by atoms with Crippen LogP contribution in [0.25, 0.3) is 0 Å². The molecule has 0 unspecified atom stereocenters. The van der Waals surface area contributed by atoms with E-state index >= 15 is 0 Å². The molecule has 0 atom stereocenters. The van der Waals surface area contributed by atoms with Crippen molar-refractivity contribution in [3.8, 4) is 0 Å². The van der Waals surface area contributed by atoms with Crippen LogP contribution >= 0.6 is 0 Å². The number of halogens is 2. The van der Waals surface area contributed by atoms with Crippen molar-refractivity contribution < 1.29 is 23.1 Å². The molecule has 0 saturated heterocycles. The van der Waals surface area contributed by atoms with Crippen LogP contribution in [0, 0.1) is 11.6 Å². The molecule has 0 N–H and O–H groups in total. The van der Waals surface area contributed by atoms with Gasteiger partial charge in [-0.2, -0.15) is 0 Å². The topological polar surface area (TPSA) is 43.4 Å². The van der Waals surface area contributed by atoms with E-state index in [4.69, 9.17) is 4.74 Å². The highest BCUT2D eigenvalue weighted by Crippen LogP contribution is 2.19. The first-order chi connectivity index (χ1) is 7.72. The number of Topliss-reactive ketones (excluding diaryl/α,β-unsaturated/α-hetero) is 1. The Morgan fingerprint density at radius 3 is 2.00 bits per heavy atom. The number of carbonyl (C=O) groups is 2. The van der Waals surface area contributed by atoms with Gasteiger partial charge in [-0.1, -0.05) is 0 Å². The quantitative estimate of drug-likeness (QED) is 0.604. The maximum Gasteiger partial charge on any atom is 0.303 e. The van der Waals surface area contributed by atoms with Gasteiger partial charge in [0.05, 0.1) is 0 Å². The summed E-state index contributed by atoms with van der Waals surface area (Å²) in [5.41, 5.74) is -1.62. The molecule has 0 saturated carbocycles. The largest absolute Gasteiger partial charge is 0.451 e. The van der Waals surface area contributed by atoms with E-state index in [-0.39, 0.29) is 5.56 Å². The fraction of sp³-hybridized carbons (Fsp3) is 0.333. The lowest BCUT2D eigenvalue weighted by Gasteiger charge is -2.22. The summed E-state index contributed by atoms with van der Waals surface area (Å²) in [5.74, 6) is -3.01. The summed E-state index contributed by atoms with van der Waals surface area (Å²) < 4.78 is 30.7. The number of rotatable bonds is 3. The van der Waals surface area contributed by atoms with Crippen molar-refractivity contribution >= 4 is 11.8 Å². The molecule has 3 nitrogen and oxygen atoms in total. The molecule has 1 aromatic rings. The van der Waals surface area contributed by atoms with Crippen molar-refractivity contribution in [3.63, 3.8) is 0 Å². The van der Waals surface area contributed by atoms with Gasteiger partial charge in [-0.05, 0) is 26.0 Å². The third kappa shape index (κ3) is 3.34. The van der Waals surface area contributed by atoms with Crippen LogP contribution < -0.4 is 0 Å². The average Bonchev–Trinajstić information content (AvgIpc) is 2.12. The van der Waals surface area contributed by atoms with Gasteiger partial charge in [0, 0.05) is 18.6 Å². The molecule has 1 rings (SSSR count). The van der Waals surface area contributed by atoms with Gasteiger partial charge >= 0.3 is 5.97 Å². The fourth-order valence-corrected chi connectivity index (χ4v) is 1.44. The molecule has 0 radical (unpaired) electrons. The molecule has 92 valence electrons. The first kappa shape index (κ1) is 13.3. The van der Waals surface area contributed by atoms with Crippen LogP contribution in [-0.4, -0.2) is 17.4 Å². The van der Waals surface area contributed by atoms with Gasteiger partial charge in [-0.3, -0.25) is 9.59 Å². The Bertz CT molecular complexity index is 447. The van der Waals surface area contributed by atoms with Crippen LogP contribution in [-0.2, 0) is 9.53 Å². The molecule has 0 bridgehead atoms. The van der Waals surface area contributed by atoms with Gasteiger partial charge in [-0.15, -0.1) is 0 Å². The van der Waals surface area contributed by atoms with Gasteiger partial charge in [0.2, 0.25) is 5.78 Å². The summed E-state index contributed by atoms with van der Waals surface area (Å²) in [6.45, 7) is 3.88. The second kappa shape index (κ2) is 4.61. The summed E-state index contributed by atoms with van der Waals surface area (Å²) >= 11 is 0. The van der Waals surface area contributed by atoms with E-state index in [2.05, 4.69) is 0 Å². The van der Waals surface area contributed by atoms with Crippen LogP contribution in [0.3, 0.4) is 0 Å². The number of hydrogen-bond acceptors (Lipinski definition) is 3. The lowest BCUT2D eigenvalue weighted by atomic mass is 9.96. The highest BCUT2D eigenvalue weighted by atomic mass is 19.1. The van der Waals surface area contributed by atoms with E-state index in [0.29, 0.717) is 6.07 Å². The Hall–Kier alpha value is -1.78. The molecule has 0 aromatic heterocycles. The smallest absolute Gasteiger partial charge is 0.303 e. The summed E-state index contributed by atoms with van der Waals surface area (Å²) in [7, 11) is 0. The zero-order chi connectivity index (χ0) is 13.2. The summed E-state index contributed by atoms with van der Waals surface area (Å²) in [5, 5.41) is 0. The Morgan fingerprint density at radius 1 is 1.12 bits per heavy atom. The van der Waals surface area contributed by atoms with Crippen molar-refractivity contribution in [1.29, 1.82) is 0 Å². The van der Waals surface area contributed by atoms with E-state index in [0.717, 1.165) is 19.1 Å². The van der Waals surface area contributed by atoms with Crippen LogP contribution in [0.1, 0.15) is 31.1 Å². The van der Waals surface area contributed by atoms with E-state index in [1.54, 1.807) is 0 Å². The zero-order valence-corrected chi connectivity index (χ0v) is 9.71. The minimum Gasteiger partial charge on any atom is -0.451 e. The van der Waals surface area contributed by atoms with Gasteiger partial charge < -0.3 is 4.74 Å². The van der Waals surface area contributed by atoms with E-state index in [1.165, 1.54) is 13.8 Å². The molecular weight excluding hydrogens is 230 g/mol. The Balaban J connectivity index is 3.07. The molecule has 0 aliphatic carbocycles. The van der Waals surface area contributed by atoms with E-state index in [9.17, 15) is 18.4 Å². The summed E-state index contributed by atoms with van der Waals surface area (Å²) in [6, 6.07) is 2.46. The minimum atomic E-state index is -1.45. The molecule has 0 heterocycles. The molecular formula is C12H12F2O3. The standard InChI is InChI=1S/C12H12F2O3/c1-7(15)17-12(2,3)11(16)8-4-9(13)6-10(14)5-8/h4-6H,1-3H3. The number of ether oxygens (including phenoxy) is 1. The second-order valence-corrected chi connectivity index (χ2v) is 4.09. The van der Waals surface area contributed by atoms with Crippen LogP contribution in [0.4, 0.5) is 8.78 Å². The van der Waals surface area contributed by atoms with Crippen molar-refractivity contribution in [2.24, 2.45) is 0 Å². The second-order valence-electron chi connectivity index (χ2n) is 4.09. The predicted octanol–water partition coefficient (Wildman–Crippen LogP) is 2.49. The van der Waals surface area contributed by atoms with Crippen molar-refractivity contribution in [2.75, 3.05) is 0 Å². The fourth-order valence-electron chi connectivity index (χ4n) is 1.44. The molecule has 5 heteroatoms. The van der Waals surface area contributed by atoms with Crippen LogP contribution in [0.5, 0.6) is 0 Å². The normalized spacial score (nSPS) is 11.1. The van der Waals surface area contributed by atoms with E-state index in [1.807, 2.05) is 0 Å². The first-order valence-electron chi connectivity index (χ1n) is 4.93. The van der Waals surface area contributed by atoms with Gasteiger partial charge in [-0.25, -0.2) is 8.78 Å². The first-order valence-corrected chi connectivity index (χ1v) is 4.93. The van der Waals surface area contributed by atoms with Gasteiger partial charge in [0.1, 0.15) is 11.6 Å². The number of carbonyl (C=O) groups excluding carboxylic acids is 2. The maximum absolute atomic E-state index is 12.9. The average molecular weight is 242 g/mol. The highest BCUT2D eigenvalue weighted by molar-refractivity contribution is 6.02. The van der Waals surface area contributed by atoms with Crippen molar-refractivity contribution in [1.82, 2.24) is 0 Å². The maximum atomic E-state index is 12.9. The van der Waals surface area contributed by atoms with E-state index < -0.39 is 29.0 Å². The number of ketones is 1. The highest BCUT2D eigenvalue weighted by Gasteiger charge is 2.32. The lowest BCUT2D eigenvalue weighted by Crippen LogP contribution is -2.36. The number of hydrogen-bond donors (Lipinski definition) is 0. The molecule has 0 fully saturated rings. The Morgan fingerprint density at radius 2 is 1.59 bits per heavy atom.